The van der Waals surface area contributed by atoms with Crippen LogP contribution in [-0.4, -0.2) is 50.7 Å². The predicted molar refractivity (Wildman–Crippen MR) is 108 cm³/mol. The van der Waals surface area contributed by atoms with Gasteiger partial charge >= 0.3 is 0 Å². The molecule has 0 spiro atoms. The summed E-state index contributed by atoms with van der Waals surface area (Å²) in [7, 11) is -3.52. The van der Waals surface area contributed by atoms with Gasteiger partial charge in [0.2, 0.25) is 10.0 Å². The molecule has 1 saturated heterocycles. The van der Waals surface area contributed by atoms with Crippen molar-refractivity contribution < 1.29 is 22.7 Å². The van der Waals surface area contributed by atoms with Gasteiger partial charge in [0.15, 0.2) is 5.78 Å². The number of Topliss-reactive ketones (excluding diaryl/α,β-unsaturated/α-hetero) is 1. The number of rotatable bonds is 4. The van der Waals surface area contributed by atoms with Crippen LogP contribution in [0.15, 0.2) is 47.4 Å². The molecule has 0 radical (unpaired) electrons. The second kappa shape index (κ2) is 7.61. The molecule has 4 rings (SSSR count). The molecule has 0 aromatic heterocycles. The van der Waals surface area contributed by atoms with Crippen molar-refractivity contribution in [2.75, 3.05) is 31.1 Å². The molecule has 2 aliphatic rings. The molecule has 0 aliphatic carbocycles. The van der Waals surface area contributed by atoms with E-state index in [9.17, 15) is 18.0 Å². The van der Waals surface area contributed by atoms with Crippen molar-refractivity contribution in [2.24, 2.45) is 0 Å². The number of anilines is 1. The standard InChI is InChI=1S/C21H22N2O5S/c1-15(24)17-6-9-20-19(14-17)23(12-13-28-20)21(25)16-4-7-18(8-5-16)29(26,27)22-10-2-3-11-22/h4-9,14H,2-3,10-13H2,1H3. The van der Waals surface area contributed by atoms with Crippen LogP contribution < -0.4 is 9.64 Å². The van der Waals surface area contributed by atoms with Gasteiger partial charge in [-0.2, -0.15) is 4.31 Å². The van der Waals surface area contributed by atoms with E-state index >= 15 is 0 Å². The minimum absolute atomic E-state index is 0.0951. The van der Waals surface area contributed by atoms with Crippen LogP contribution in [0.5, 0.6) is 5.75 Å². The predicted octanol–water partition coefficient (Wildman–Crippen LogP) is 2.71. The first-order valence-electron chi connectivity index (χ1n) is 9.58. The first-order chi connectivity index (χ1) is 13.9. The van der Waals surface area contributed by atoms with E-state index in [0.717, 1.165) is 12.8 Å². The molecular weight excluding hydrogens is 392 g/mol. The van der Waals surface area contributed by atoms with E-state index in [0.29, 0.717) is 48.8 Å². The normalized spacial score (nSPS) is 16.9. The van der Waals surface area contributed by atoms with Crippen LogP contribution in [0.2, 0.25) is 0 Å². The van der Waals surface area contributed by atoms with Crippen LogP contribution in [0.25, 0.3) is 0 Å². The van der Waals surface area contributed by atoms with Gasteiger partial charge in [0.25, 0.3) is 5.91 Å². The van der Waals surface area contributed by atoms with E-state index in [4.69, 9.17) is 4.74 Å². The average molecular weight is 414 g/mol. The van der Waals surface area contributed by atoms with Crippen LogP contribution in [-0.2, 0) is 10.0 Å². The minimum atomic E-state index is -3.52. The number of hydrogen-bond donors (Lipinski definition) is 0. The lowest BCUT2D eigenvalue weighted by molar-refractivity contribution is 0.0973. The highest BCUT2D eigenvalue weighted by Crippen LogP contribution is 2.34. The quantitative estimate of drug-likeness (QED) is 0.719. The molecule has 0 N–H and O–H groups in total. The first-order valence-corrected chi connectivity index (χ1v) is 11.0. The third-order valence-electron chi connectivity index (χ3n) is 5.28. The van der Waals surface area contributed by atoms with Crippen molar-refractivity contribution in [3.63, 3.8) is 0 Å². The van der Waals surface area contributed by atoms with Gasteiger partial charge in [0.05, 0.1) is 17.1 Å². The number of ketones is 1. The molecule has 8 heteroatoms. The number of ether oxygens (including phenoxy) is 1. The molecule has 2 heterocycles. The van der Waals surface area contributed by atoms with Gasteiger partial charge in [-0.15, -0.1) is 0 Å². The molecule has 1 fully saturated rings. The second-order valence-corrected chi connectivity index (χ2v) is 9.12. The first kappa shape index (κ1) is 19.6. The molecule has 0 saturated carbocycles. The van der Waals surface area contributed by atoms with Gasteiger partial charge < -0.3 is 9.64 Å². The smallest absolute Gasteiger partial charge is 0.258 e. The Morgan fingerprint density at radius 3 is 2.24 bits per heavy atom. The highest BCUT2D eigenvalue weighted by atomic mass is 32.2. The molecule has 2 aromatic rings. The van der Waals surface area contributed by atoms with Crippen LogP contribution in [0, 0.1) is 0 Å². The number of amides is 1. The zero-order valence-corrected chi connectivity index (χ0v) is 16.9. The van der Waals surface area contributed by atoms with Gasteiger partial charge in [-0.3, -0.25) is 9.59 Å². The largest absolute Gasteiger partial charge is 0.490 e. The van der Waals surface area contributed by atoms with Gasteiger partial charge in [-0.25, -0.2) is 8.42 Å². The number of nitrogens with zero attached hydrogens (tertiary/aromatic N) is 2. The molecule has 7 nitrogen and oxygen atoms in total. The minimum Gasteiger partial charge on any atom is -0.490 e. The zero-order chi connectivity index (χ0) is 20.6. The number of carbonyl (C=O) groups excluding carboxylic acids is 2. The van der Waals surface area contributed by atoms with Crippen molar-refractivity contribution in [3.8, 4) is 5.75 Å². The Bertz CT molecular complexity index is 1060. The summed E-state index contributed by atoms with van der Waals surface area (Å²) < 4.78 is 32.4. The number of fused-ring (bicyclic) bond motifs is 1. The van der Waals surface area contributed by atoms with Crippen molar-refractivity contribution >= 4 is 27.4 Å². The number of sulfonamides is 1. The molecule has 29 heavy (non-hydrogen) atoms. The fraction of sp³-hybridized carbons (Fsp3) is 0.333. The maximum atomic E-state index is 13.1. The molecular formula is C21H22N2O5S. The summed E-state index contributed by atoms with van der Waals surface area (Å²) in [6, 6.07) is 11.1. The lowest BCUT2D eigenvalue weighted by atomic mass is 10.1. The number of benzene rings is 2. The fourth-order valence-corrected chi connectivity index (χ4v) is 5.17. The highest BCUT2D eigenvalue weighted by molar-refractivity contribution is 7.89. The molecule has 0 unspecified atom stereocenters. The number of hydrogen-bond acceptors (Lipinski definition) is 5. The maximum absolute atomic E-state index is 13.1. The van der Waals surface area contributed by atoms with Crippen molar-refractivity contribution in [3.05, 3.63) is 53.6 Å². The van der Waals surface area contributed by atoms with Gasteiger partial charge in [-0.1, -0.05) is 0 Å². The fourth-order valence-electron chi connectivity index (χ4n) is 3.65. The number of carbonyl (C=O) groups is 2. The van der Waals surface area contributed by atoms with Crippen LogP contribution >= 0.6 is 0 Å². The second-order valence-electron chi connectivity index (χ2n) is 7.18. The average Bonchev–Trinajstić information content (AvgIpc) is 3.28. The molecule has 152 valence electrons. The lowest BCUT2D eigenvalue weighted by Gasteiger charge is -2.30. The molecule has 0 bridgehead atoms. The third-order valence-corrected chi connectivity index (χ3v) is 7.19. The Morgan fingerprint density at radius 2 is 1.59 bits per heavy atom. The van der Waals surface area contributed by atoms with Crippen molar-refractivity contribution in [1.82, 2.24) is 4.31 Å². The third kappa shape index (κ3) is 3.65. The molecule has 2 aromatic carbocycles. The Hall–Kier alpha value is -2.71. The van der Waals surface area contributed by atoms with Gasteiger partial charge in [0.1, 0.15) is 12.4 Å². The highest BCUT2D eigenvalue weighted by Gasteiger charge is 2.29. The van der Waals surface area contributed by atoms with Gasteiger partial charge in [-0.05, 0) is 62.2 Å². The zero-order valence-electron chi connectivity index (χ0n) is 16.1. The summed E-state index contributed by atoms with van der Waals surface area (Å²) in [5.41, 5.74) is 1.42. The van der Waals surface area contributed by atoms with E-state index in [-0.39, 0.29) is 16.6 Å². The van der Waals surface area contributed by atoms with E-state index in [1.54, 1.807) is 23.1 Å². The van der Waals surface area contributed by atoms with Crippen molar-refractivity contribution in [2.45, 2.75) is 24.7 Å². The summed E-state index contributed by atoms with van der Waals surface area (Å²) in [6.07, 6.45) is 1.74. The Balaban J connectivity index is 1.61. The molecule has 0 atom stereocenters. The Labute approximate surface area is 169 Å². The van der Waals surface area contributed by atoms with E-state index in [2.05, 4.69) is 0 Å². The Kier molecular flexibility index (Phi) is 5.14. The van der Waals surface area contributed by atoms with Crippen LogP contribution in [0.3, 0.4) is 0 Å². The summed E-state index contributed by atoms with van der Waals surface area (Å²) in [5.74, 6) is 0.186. The van der Waals surface area contributed by atoms with Crippen molar-refractivity contribution in [1.29, 1.82) is 0 Å². The molecule has 2 aliphatic heterocycles. The Morgan fingerprint density at radius 1 is 0.931 bits per heavy atom. The van der Waals surface area contributed by atoms with Crippen LogP contribution in [0.1, 0.15) is 40.5 Å². The topological polar surface area (TPSA) is 84.0 Å². The van der Waals surface area contributed by atoms with Gasteiger partial charge in [0, 0.05) is 24.2 Å². The molecule has 1 amide bonds. The monoisotopic (exact) mass is 414 g/mol. The summed E-state index contributed by atoms with van der Waals surface area (Å²) >= 11 is 0. The SMILES string of the molecule is CC(=O)c1ccc2c(c1)N(C(=O)c1ccc(S(=O)(=O)N3CCCC3)cc1)CCO2. The lowest BCUT2D eigenvalue weighted by Crippen LogP contribution is -2.38. The summed E-state index contributed by atoms with van der Waals surface area (Å²) in [4.78, 5) is 26.6. The van der Waals surface area contributed by atoms with E-state index in [1.807, 2.05) is 0 Å². The summed E-state index contributed by atoms with van der Waals surface area (Å²) in [5, 5.41) is 0. The van der Waals surface area contributed by atoms with E-state index < -0.39 is 10.0 Å². The maximum Gasteiger partial charge on any atom is 0.258 e. The van der Waals surface area contributed by atoms with E-state index in [1.165, 1.54) is 35.5 Å². The van der Waals surface area contributed by atoms with Crippen LogP contribution in [0.4, 0.5) is 5.69 Å². The summed E-state index contributed by atoms with van der Waals surface area (Å²) in [6.45, 7) is 3.23.